The van der Waals surface area contributed by atoms with Crippen LogP contribution in [0.2, 0.25) is 0 Å². The lowest BCUT2D eigenvalue weighted by molar-refractivity contribution is 0.425. The summed E-state index contributed by atoms with van der Waals surface area (Å²) in [7, 11) is -3.07. The quantitative estimate of drug-likeness (QED) is 0.779. The Bertz CT molecular complexity index is 912. The van der Waals surface area contributed by atoms with Crippen LogP contribution in [0.3, 0.4) is 0 Å². The van der Waals surface area contributed by atoms with E-state index in [1.165, 1.54) is 18.2 Å². The van der Waals surface area contributed by atoms with Gasteiger partial charge in [-0.15, -0.1) is 0 Å². The lowest BCUT2D eigenvalue weighted by atomic mass is 10.1. The summed E-state index contributed by atoms with van der Waals surface area (Å²) in [4.78, 5) is 27.1. The van der Waals surface area contributed by atoms with Gasteiger partial charge in [0.05, 0.1) is 22.4 Å². The summed E-state index contributed by atoms with van der Waals surface area (Å²) < 4.78 is 24.0. The molecule has 0 unspecified atom stereocenters. The summed E-state index contributed by atoms with van der Waals surface area (Å²) in [5.74, 6) is -0.118. The Labute approximate surface area is 119 Å². The fourth-order valence-corrected chi connectivity index (χ4v) is 4.15. The van der Waals surface area contributed by atoms with Crippen LogP contribution >= 0.6 is 0 Å². The lowest BCUT2D eigenvalue weighted by Crippen LogP contribution is -2.41. The molecule has 0 spiro atoms. The van der Waals surface area contributed by atoms with Crippen molar-refractivity contribution in [2.75, 3.05) is 11.5 Å². The van der Waals surface area contributed by atoms with Crippen molar-refractivity contribution in [3.05, 3.63) is 39.0 Å². The van der Waals surface area contributed by atoms with E-state index in [0.29, 0.717) is 5.52 Å². The minimum Gasteiger partial charge on any atom is -0.508 e. The van der Waals surface area contributed by atoms with Crippen molar-refractivity contribution < 1.29 is 13.5 Å². The Morgan fingerprint density at radius 3 is 2.52 bits per heavy atom. The highest BCUT2D eigenvalue weighted by Crippen LogP contribution is 2.22. The third kappa shape index (κ3) is 2.46. The molecule has 0 saturated carbocycles. The molecule has 1 saturated heterocycles. The van der Waals surface area contributed by atoms with Crippen molar-refractivity contribution >= 4 is 20.7 Å². The summed E-state index contributed by atoms with van der Waals surface area (Å²) >= 11 is 0. The standard InChI is InChI=1S/C13H14N2O5S/c16-9-1-2-11-10(7-9)12(17)15(13(18)14-11)8-3-5-21(19,20)6-4-8/h1-2,7-8,16H,3-6H2,(H,14,18). The Kier molecular flexibility index (Phi) is 3.12. The van der Waals surface area contributed by atoms with Gasteiger partial charge in [0, 0.05) is 6.04 Å². The smallest absolute Gasteiger partial charge is 0.329 e. The van der Waals surface area contributed by atoms with Gasteiger partial charge in [0.15, 0.2) is 0 Å². The van der Waals surface area contributed by atoms with E-state index in [1.54, 1.807) is 0 Å². The first-order chi connectivity index (χ1) is 9.87. The predicted molar refractivity (Wildman–Crippen MR) is 77.4 cm³/mol. The van der Waals surface area contributed by atoms with Gasteiger partial charge in [-0.3, -0.25) is 9.36 Å². The zero-order valence-corrected chi connectivity index (χ0v) is 11.9. The zero-order chi connectivity index (χ0) is 15.2. The number of aromatic nitrogens is 2. The molecule has 112 valence electrons. The largest absolute Gasteiger partial charge is 0.508 e. The van der Waals surface area contributed by atoms with Gasteiger partial charge in [-0.05, 0) is 31.0 Å². The molecule has 1 aromatic carbocycles. The molecule has 21 heavy (non-hydrogen) atoms. The summed E-state index contributed by atoms with van der Waals surface area (Å²) in [5, 5.41) is 9.69. The number of hydrogen-bond acceptors (Lipinski definition) is 5. The number of nitrogens with one attached hydrogen (secondary N) is 1. The number of fused-ring (bicyclic) bond motifs is 1. The molecule has 3 rings (SSSR count). The molecule has 0 aliphatic carbocycles. The van der Waals surface area contributed by atoms with Crippen molar-refractivity contribution in [2.24, 2.45) is 0 Å². The van der Waals surface area contributed by atoms with E-state index in [4.69, 9.17) is 0 Å². The predicted octanol–water partition coefficient (Wildman–Crippen LogP) is 0.145. The van der Waals surface area contributed by atoms with E-state index in [0.717, 1.165) is 4.57 Å². The number of hydrogen-bond donors (Lipinski definition) is 2. The van der Waals surface area contributed by atoms with E-state index in [2.05, 4.69) is 4.98 Å². The second-order valence-electron chi connectivity index (χ2n) is 5.22. The molecular formula is C13H14N2O5S. The van der Waals surface area contributed by atoms with E-state index in [9.17, 15) is 23.1 Å². The SMILES string of the molecule is O=c1[nH]c2ccc(O)cc2c(=O)n1C1CCS(=O)(=O)CC1. The zero-order valence-electron chi connectivity index (χ0n) is 11.1. The van der Waals surface area contributed by atoms with Crippen LogP contribution in [0.25, 0.3) is 10.9 Å². The Hall–Kier alpha value is -2.09. The molecule has 7 nitrogen and oxygen atoms in total. The summed E-state index contributed by atoms with van der Waals surface area (Å²) in [6.07, 6.45) is 0.491. The summed E-state index contributed by atoms with van der Waals surface area (Å²) in [5.41, 5.74) is -0.709. The van der Waals surface area contributed by atoms with Gasteiger partial charge >= 0.3 is 5.69 Å². The number of sulfone groups is 1. The monoisotopic (exact) mass is 310 g/mol. The first kappa shape index (κ1) is 13.9. The first-order valence-corrected chi connectivity index (χ1v) is 8.37. The third-order valence-corrected chi connectivity index (χ3v) is 5.52. The van der Waals surface area contributed by atoms with Crippen molar-refractivity contribution in [1.29, 1.82) is 0 Å². The maximum atomic E-state index is 12.4. The normalized spacial score (nSPS) is 18.9. The maximum absolute atomic E-state index is 12.4. The Morgan fingerprint density at radius 2 is 1.86 bits per heavy atom. The summed E-state index contributed by atoms with van der Waals surface area (Å²) in [6.45, 7) is 0. The highest BCUT2D eigenvalue weighted by atomic mass is 32.2. The van der Waals surface area contributed by atoms with Crippen LogP contribution in [0.1, 0.15) is 18.9 Å². The molecule has 2 N–H and O–H groups in total. The molecule has 0 atom stereocenters. The number of phenols is 1. The van der Waals surface area contributed by atoms with Crippen molar-refractivity contribution in [1.82, 2.24) is 9.55 Å². The molecule has 1 aromatic heterocycles. The number of aromatic hydroxyl groups is 1. The highest BCUT2D eigenvalue weighted by Gasteiger charge is 2.27. The average Bonchev–Trinajstić information content (AvgIpc) is 2.41. The van der Waals surface area contributed by atoms with E-state index in [1.807, 2.05) is 0 Å². The van der Waals surface area contributed by atoms with Crippen LogP contribution < -0.4 is 11.2 Å². The molecule has 1 aliphatic heterocycles. The molecule has 2 aromatic rings. The molecule has 1 fully saturated rings. The maximum Gasteiger partial charge on any atom is 0.329 e. The van der Waals surface area contributed by atoms with E-state index >= 15 is 0 Å². The van der Waals surface area contributed by atoms with Crippen LogP contribution in [-0.2, 0) is 9.84 Å². The average molecular weight is 310 g/mol. The molecule has 8 heteroatoms. The number of nitrogens with zero attached hydrogens (tertiary/aromatic N) is 1. The highest BCUT2D eigenvalue weighted by molar-refractivity contribution is 7.91. The fraction of sp³-hybridized carbons (Fsp3) is 0.385. The Balaban J connectivity index is 2.15. The number of phenolic OH excluding ortho intramolecular Hbond substituents is 1. The topological polar surface area (TPSA) is 109 Å². The molecule has 0 bridgehead atoms. The van der Waals surface area contributed by atoms with Crippen molar-refractivity contribution in [2.45, 2.75) is 18.9 Å². The van der Waals surface area contributed by atoms with Gasteiger partial charge in [-0.25, -0.2) is 13.2 Å². The fourth-order valence-electron chi connectivity index (χ4n) is 2.68. The van der Waals surface area contributed by atoms with Crippen LogP contribution in [0.4, 0.5) is 0 Å². The van der Waals surface area contributed by atoms with E-state index < -0.39 is 27.1 Å². The van der Waals surface area contributed by atoms with Gasteiger partial charge < -0.3 is 10.1 Å². The second kappa shape index (κ2) is 4.73. The van der Waals surface area contributed by atoms with Crippen LogP contribution in [0.15, 0.2) is 27.8 Å². The van der Waals surface area contributed by atoms with Gasteiger partial charge in [-0.1, -0.05) is 0 Å². The third-order valence-electron chi connectivity index (χ3n) is 3.80. The van der Waals surface area contributed by atoms with Crippen LogP contribution in [0.5, 0.6) is 5.75 Å². The summed E-state index contributed by atoms with van der Waals surface area (Å²) in [6, 6.07) is 3.71. The Morgan fingerprint density at radius 1 is 1.19 bits per heavy atom. The number of aromatic amines is 1. The molecule has 0 amide bonds. The van der Waals surface area contributed by atoms with Gasteiger partial charge in [0.2, 0.25) is 0 Å². The lowest BCUT2D eigenvalue weighted by Gasteiger charge is -2.23. The van der Waals surface area contributed by atoms with Gasteiger partial charge in [0.1, 0.15) is 15.6 Å². The van der Waals surface area contributed by atoms with Crippen LogP contribution in [0, 0.1) is 0 Å². The number of benzene rings is 1. The van der Waals surface area contributed by atoms with Crippen LogP contribution in [-0.4, -0.2) is 34.6 Å². The minimum absolute atomic E-state index is 0.0262. The first-order valence-electron chi connectivity index (χ1n) is 6.55. The van der Waals surface area contributed by atoms with Crippen molar-refractivity contribution in [3.8, 4) is 5.75 Å². The van der Waals surface area contributed by atoms with E-state index in [-0.39, 0.29) is 35.5 Å². The molecule has 1 aliphatic rings. The van der Waals surface area contributed by atoms with Crippen molar-refractivity contribution in [3.63, 3.8) is 0 Å². The molecular weight excluding hydrogens is 296 g/mol. The molecule has 0 radical (unpaired) electrons. The van der Waals surface area contributed by atoms with Gasteiger partial charge in [-0.2, -0.15) is 0 Å². The number of rotatable bonds is 1. The minimum atomic E-state index is -3.07. The molecule has 2 heterocycles. The number of H-pyrrole nitrogens is 1. The second-order valence-corrected chi connectivity index (χ2v) is 7.52. The van der Waals surface area contributed by atoms with Gasteiger partial charge in [0.25, 0.3) is 5.56 Å².